The number of aromatic amines is 1. The van der Waals surface area contributed by atoms with Crippen LogP contribution in [0.25, 0.3) is 39.7 Å². The number of nitrogens with one attached hydrogen (secondary N) is 1. The van der Waals surface area contributed by atoms with Crippen molar-refractivity contribution in [3.8, 4) is 33.9 Å². The highest BCUT2D eigenvalue weighted by Gasteiger charge is 2.24. The highest BCUT2D eigenvalue weighted by Crippen LogP contribution is 2.33. The lowest BCUT2D eigenvalue weighted by molar-refractivity contribution is 0.0690. The molecule has 1 saturated heterocycles. The number of carboxylic acids is 1. The molecule has 6 aromatic rings. The van der Waals surface area contributed by atoms with Gasteiger partial charge in [-0.1, -0.05) is 67.6 Å². The van der Waals surface area contributed by atoms with E-state index in [-0.39, 0.29) is 5.69 Å². The molecule has 7 rings (SSSR count). The number of pyridine rings is 1. The summed E-state index contributed by atoms with van der Waals surface area (Å²) in [5.74, 6) is 1.28. The molecule has 0 unspecified atom stereocenters. The van der Waals surface area contributed by atoms with Crippen LogP contribution in [0.1, 0.15) is 53.3 Å². The van der Waals surface area contributed by atoms with Crippen LogP contribution in [0.4, 0.5) is 0 Å². The SMILES string of the molecule is CCc1c(C(=O)O)nc2nc(-c3ccc(CN4CCC(c5nc(-c6ccccn6)n[nH]5)CC4)cc3)c(-c3ccccc3)cn12. The lowest BCUT2D eigenvalue weighted by Gasteiger charge is -2.31. The number of likely N-dealkylation sites (tertiary alicyclic amines) is 1. The summed E-state index contributed by atoms with van der Waals surface area (Å²) in [5.41, 5.74) is 6.37. The highest BCUT2D eigenvalue weighted by atomic mass is 16.4. The third-order valence-electron chi connectivity index (χ3n) is 8.34. The van der Waals surface area contributed by atoms with E-state index in [0.717, 1.165) is 66.4 Å². The highest BCUT2D eigenvalue weighted by molar-refractivity contribution is 5.88. The molecule has 1 aliphatic heterocycles. The number of hydrogen-bond acceptors (Lipinski definition) is 7. The van der Waals surface area contributed by atoms with Crippen LogP contribution in [0.15, 0.2) is 85.2 Å². The molecule has 1 aliphatic rings. The predicted molar refractivity (Wildman–Crippen MR) is 167 cm³/mol. The van der Waals surface area contributed by atoms with Crippen LogP contribution in [0.5, 0.6) is 0 Å². The fourth-order valence-corrected chi connectivity index (χ4v) is 6.03. The minimum absolute atomic E-state index is 0.0484. The number of nitrogens with zero attached hydrogens (tertiary/aromatic N) is 7. The summed E-state index contributed by atoms with van der Waals surface area (Å²) in [6.45, 7) is 4.76. The first-order chi connectivity index (χ1) is 21.6. The maximum absolute atomic E-state index is 11.9. The summed E-state index contributed by atoms with van der Waals surface area (Å²) in [6.07, 6.45) is 6.29. The molecule has 0 spiro atoms. The number of rotatable bonds is 8. The monoisotopic (exact) mass is 584 g/mol. The minimum Gasteiger partial charge on any atom is -0.476 e. The molecule has 4 aromatic heterocycles. The zero-order valence-electron chi connectivity index (χ0n) is 24.4. The quantitative estimate of drug-likeness (QED) is 0.227. The number of piperidine rings is 1. The van der Waals surface area contributed by atoms with E-state index < -0.39 is 5.97 Å². The second-order valence-corrected chi connectivity index (χ2v) is 11.1. The lowest BCUT2D eigenvalue weighted by atomic mass is 9.95. The van der Waals surface area contributed by atoms with E-state index >= 15 is 0 Å². The first-order valence-electron chi connectivity index (χ1n) is 14.9. The third kappa shape index (κ3) is 5.35. The molecule has 2 N–H and O–H groups in total. The molecule has 1 fully saturated rings. The Balaban J connectivity index is 1.09. The zero-order chi connectivity index (χ0) is 30.0. The van der Waals surface area contributed by atoms with Crippen molar-refractivity contribution in [2.45, 2.75) is 38.6 Å². The van der Waals surface area contributed by atoms with Crippen LogP contribution in [0, 0.1) is 0 Å². The van der Waals surface area contributed by atoms with Crippen molar-refractivity contribution >= 4 is 11.7 Å². The van der Waals surface area contributed by atoms with E-state index in [1.165, 1.54) is 5.56 Å². The van der Waals surface area contributed by atoms with Crippen LogP contribution in [-0.2, 0) is 13.0 Å². The molecule has 44 heavy (non-hydrogen) atoms. The van der Waals surface area contributed by atoms with E-state index in [0.29, 0.717) is 29.6 Å². The summed E-state index contributed by atoms with van der Waals surface area (Å²) in [7, 11) is 0. The van der Waals surface area contributed by atoms with Gasteiger partial charge in [-0.25, -0.2) is 19.7 Å². The van der Waals surface area contributed by atoms with Gasteiger partial charge in [0.25, 0.3) is 0 Å². The molecule has 0 amide bonds. The summed E-state index contributed by atoms with van der Waals surface area (Å²) < 4.78 is 1.81. The molecule has 2 aromatic carbocycles. The van der Waals surface area contributed by atoms with Crippen molar-refractivity contribution in [3.63, 3.8) is 0 Å². The van der Waals surface area contributed by atoms with E-state index in [4.69, 9.17) is 9.97 Å². The van der Waals surface area contributed by atoms with Gasteiger partial charge in [-0.15, -0.1) is 0 Å². The van der Waals surface area contributed by atoms with Gasteiger partial charge in [0.05, 0.1) is 11.4 Å². The molecular formula is C34H32N8O2. The van der Waals surface area contributed by atoms with Crippen molar-refractivity contribution in [3.05, 3.63) is 108 Å². The molecule has 0 atom stereocenters. The number of imidazole rings is 1. The van der Waals surface area contributed by atoms with Crippen LogP contribution >= 0.6 is 0 Å². The minimum atomic E-state index is -1.04. The Bertz CT molecular complexity index is 1910. The molecule has 0 aliphatic carbocycles. The summed E-state index contributed by atoms with van der Waals surface area (Å²) in [6, 6.07) is 24.3. The van der Waals surface area contributed by atoms with Gasteiger partial charge in [-0.3, -0.25) is 19.4 Å². The number of hydrogen-bond donors (Lipinski definition) is 2. The number of fused-ring (bicyclic) bond motifs is 1. The number of H-pyrrole nitrogens is 1. The Kier molecular flexibility index (Phi) is 7.41. The number of carbonyl (C=O) groups is 1. The topological polar surface area (TPSA) is 125 Å². The largest absolute Gasteiger partial charge is 0.476 e. The molecule has 0 radical (unpaired) electrons. The van der Waals surface area contributed by atoms with Gasteiger partial charge in [0.2, 0.25) is 5.78 Å². The average Bonchev–Trinajstić information content (AvgIpc) is 3.71. The molecular weight excluding hydrogens is 552 g/mol. The van der Waals surface area contributed by atoms with Crippen LogP contribution < -0.4 is 0 Å². The molecule has 0 bridgehead atoms. The number of aromatic nitrogens is 7. The second kappa shape index (κ2) is 11.8. The Morgan fingerprint density at radius 2 is 1.70 bits per heavy atom. The first-order valence-corrected chi connectivity index (χ1v) is 14.9. The lowest BCUT2D eigenvalue weighted by Crippen LogP contribution is -2.32. The Morgan fingerprint density at radius 1 is 0.932 bits per heavy atom. The molecule has 10 nitrogen and oxygen atoms in total. The van der Waals surface area contributed by atoms with Gasteiger partial charge in [0.15, 0.2) is 11.5 Å². The number of carboxylic acid groups (broad SMARTS) is 1. The first kappa shape index (κ1) is 27.6. The van der Waals surface area contributed by atoms with Crippen molar-refractivity contribution < 1.29 is 9.90 Å². The third-order valence-corrected chi connectivity index (χ3v) is 8.34. The number of aryl methyl sites for hydroxylation is 1. The maximum Gasteiger partial charge on any atom is 0.356 e. The van der Waals surface area contributed by atoms with E-state index in [1.54, 1.807) is 6.20 Å². The van der Waals surface area contributed by atoms with Crippen molar-refractivity contribution in [2.24, 2.45) is 0 Å². The molecule has 0 saturated carbocycles. The normalized spacial score (nSPS) is 14.3. The van der Waals surface area contributed by atoms with Gasteiger partial charge in [0, 0.05) is 36.0 Å². The fraction of sp³-hybridized carbons (Fsp3) is 0.235. The Morgan fingerprint density at radius 3 is 2.41 bits per heavy atom. The maximum atomic E-state index is 11.9. The van der Waals surface area contributed by atoms with Crippen molar-refractivity contribution in [1.29, 1.82) is 0 Å². The number of aromatic carboxylic acids is 1. The summed E-state index contributed by atoms with van der Waals surface area (Å²) in [5, 5.41) is 17.3. The molecule has 5 heterocycles. The predicted octanol–water partition coefficient (Wildman–Crippen LogP) is 5.88. The van der Waals surface area contributed by atoms with Crippen LogP contribution in [-0.4, -0.2) is 63.6 Å². The average molecular weight is 585 g/mol. The van der Waals surface area contributed by atoms with Crippen LogP contribution in [0.2, 0.25) is 0 Å². The van der Waals surface area contributed by atoms with Gasteiger partial charge in [-0.2, -0.15) is 5.10 Å². The summed E-state index contributed by atoms with van der Waals surface area (Å²) >= 11 is 0. The van der Waals surface area contributed by atoms with E-state index in [1.807, 2.05) is 66.1 Å². The van der Waals surface area contributed by atoms with Gasteiger partial charge in [-0.05, 0) is 55.6 Å². The van der Waals surface area contributed by atoms with Gasteiger partial charge < -0.3 is 5.11 Å². The van der Waals surface area contributed by atoms with E-state index in [2.05, 4.69) is 49.3 Å². The smallest absolute Gasteiger partial charge is 0.356 e. The standard InChI is InChI=1S/C34H32N8O2/c1-2-28-30(33(43)44)37-34-36-29(26(21-42(28)34)23-8-4-3-5-9-23)24-13-11-22(12-14-24)20-41-18-15-25(16-19-41)31-38-32(40-39-31)27-10-6-7-17-35-27/h3-14,17,21,25H,2,15-16,18-20H2,1H3,(H,43,44)(H,38,39,40). The second-order valence-electron chi connectivity index (χ2n) is 11.1. The van der Waals surface area contributed by atoms with Crippen molar-refractivity contribution in [1.82, 2.24) is 39.4 Å². The Hall–Kier alpha value is -5.22. The fourth-order valence-electron chi connectivity index (χ4n) is 6.03. The summed E-state index contributed by atoms with van der Waals surface area (Å²) in [4.78, 5) is 32.7. The Labute approximate surface area is 254 Å². The molecule has 220 valence electrons. The van der Waals surface area contributed by atoms with E-state index in [9.17, 15) is 9.90 Å². The van der Waals surface area contributed by atoms with Gasteiger partial charge >= 0.3 is 5.97 Å². The van der Waals surface area contributed by atoms with Gasteiger partial charge in [0.1, 0.15) is 11.5 Å². The molecule has 10 heteroatoms. The van der Waals surface area contributed by atoms with Crippen LogP contribution in [0.3, 0.4) is 0 Å². The zero-order valence-corrected chi connectivity index (χ0v) is 24.4. The van der Waals surface area contributed by atoms with Crippen molar-refractivity contribution in [2.75, 3.05) is 13.1 Å². The number of benzene rings is 2.